The van der Waals surface area contributed by atoms with Crippen LogP contribution in [0.5, 0.6) is 0 Å². The molecule has 1 aliphatic heterocycles. The summed E-state index contributed by atoms with van der Waals surface area (Å²) >= 11 is 0. The van der Waals surface area contributed by atoms with E-state index in [4.69, 9.17) is 0 Å². The lowest BCUT2D eigenvalue weighted by Crippen LogP contribution is -2.58. The summed E-state index contributed by atoms with van der Waals surface area (Å²) in [6.07, 6.45) is 2.21. The molecule has 1 heterocycles. The predicted molar refractivity (Wildman–Crippen MR) is 45.4 cm³/mol. The Labute approximate surface area is 68.4 Å². The number of rotatable bonds is 4. The molecule has 0 spiro atoms. The van der Waals surface area contributed by atoms with E-state index in [0.717, 1.165) is 25.9 Å². The number of nitrogens with one attached hydrogen (secondary N) is 1. The fourth-order valence-corrected chi connectivity index (χ4v) is 1.93. The highest BCUT2D eigenvalue weighted by molar-refractivity contribution is 4.96. The maximum Gasteiger partial charge on any atom is 0.108 e. The van der Waals surface area contributed by atoms with Crippen LogP contribution in [0.15, 0.2) is 0 Å². The van der Waals surface area contributed by atoms with Gasteiger partial charge in [-0.25, -0.2) is 4.39 Å². The number of halogens is 1. The SMILES string of the molecule is CCCC1(C(F)CC)CNC1. The summed E-state index contributed by atoms with van der Waals surface area (Å²) in [4.78, 5) is 0. The van der Waals surface area contributed by atoms with Crippen LogP contribution in [0, 0.1) is 5.41 Å². The van der Waals surface area contributed by atoms with Crippen LogP contribution < -0.4 is 5.32 Å². The van der Waals surface area contributed by atoms with Gasteiger partial charge in [-0.15, -0.1) is 0 Å². The first-order chi connectivity index (χ1) is 5.25. The van der Waals surface area contributed by atoms with Gasteiger partial charge in [0.2, 0.25) is 0 Å². The highest BCUT2D eigenvalue weighted by Gasteiger charge is 2.42. The van der Waals surface area contributed by atoms with Gasteiger partial charge < -0.3 is 5.32 Å². The van der Waals surface area contributed by atoms with Crippen LogP contribution in [0.25, 0.3) is 0 Å². The maximum absolute atomic E-state index is 13.4. The molecule has 1 aliphatic rings. The Kier molecular flexibility index (Phi) is 2.88. The zero-order chi connectivity index (χ0) is 8.32. The second kappa shape index (κ2) is 3.53. The van der Waals surface area contributed by atoms with Crippen LogP contribution in [-0.4, -0.2) is 19.3 Å². The molecule has 0 amide bonds. The second-order valence-corrected chi connectivity index (χ2v) is 3.59. The molecule has 1 nitrogen and oxygen atoms in total. The monoisotopic (exact) mass is 159 g/mol. The fraction of sp³-hybridized carbons (Fsp3) is 1.00. The van der Waals surface area contributed by atoms with Crippen molar-refractivity contribution in [2.45, 2.75) is 39.3 Å². The quantitative estimate of drug-likeness (QED) is 0.662. The molecule has 1 rings (SSSR count). The topological polar surface area (TPSA) is 12.0 Å². The largest absolute Gasteiger partial charge is 0.315 e. The lowest BCUT2D eigenvalue weighted by molar-refractivity contribution is 0.0335. The third-order valence-corrected chi connectivity index (χ3v) is 2.72. The first kappa shape index (κ1) is 8.98. The van der Waals surface area contributed by atoms with Gasteiger partial charge in [-0.3, -0.25) is 0 Å². The minimum Gasteiger partial charge on any atom is -0.315 e. The molecule has 0 aromatic heterocycles. The Balaban J connectivity index is 2.45. The Morgan fingerprint density at radius 2 is 2.09 bits per heavy atom. The smallest absolute Gasteiger partial charge is 0.108 e. The molecular weight excluding hydrogens is 141 g/mol. The van der Waals surface area contributed by atoms with Crippen molar-refractivity contribution < 1.29 is 4.39 Å². The summed E-state index contributed by atoms with van der Waals surface area (Å²) in [5.41, 5.74) is 0.00347. The molecule has 66 valence electrons. The first-order valence-electron chi connectivity index (χ1n) is 4.60. The van der Waals surface area contributed by atoms with Gasteiger partial charge in [-0.05, 0) is 12.8 Å². The molecule has 11 heavy (non-hydrogen) atoms. The zero-order valence-corrected chi connectivity index (χ0v) is 7.49. The first-order valence-corrected chi connectivity index (χ1v) is 4.60. The molecule has 1 N–H and O–H groups in total. The van der Waals surface area contributed by atoms with Gasteiger partial charge in [-0.2, -0.15) is 0 Å². The van der Waals surface area contributed by atoms with Crippen LogP contribution in [0.4, 0.5) is 4.39 Å². The minimum absolute atomic E-state index is 0.00347. The molecule has 0 aromatic rings. The number of hydrogen-bond donors (Lipinski definition) is 1. The van der Waals surface area contributed by atoms with Crippen molar-refractivity contribution in [1.29, 1.82) is 0 Å². The summed E-state index contributed by atoms with van der Waals surface area (Å²) in [6.45, 7) is 5.83. The van der Waals surface area contributed by atoms with Crippen LogP contribution in [-0.2, 0) is 0 Å². The summed E-state index contributed by atoms with van der Waals surface area (Å²) in [5.74, 6) is 0. The van der Waals surface area contributed by atoms with Crippen molar-refractivity contribution in [2.24, 2.45) is 5.41 Å². The van der Waals surface area contributed by atoms with Gasteiger partial charge in [0.05, 0.1) is 0 Å². The van der Waals surface area contributed by atoms with E-state index < -0.39 is 6.17 Å². The second-order valence-electron chi connectivity index (χ2n) is 3.59. The van der Waals surface area contributed by atoms with Crippen LogP contribution in [0.1, 0.15) is 33.1 Å². The Hall–Kier alpha value is -0.110. The summed E-state index contributed by atoms with van der Waals surface area (Å²) in [7, 11) is 0. The molecule has 0 aliphatic carbocycles. The highest BCUT2D eigenvalue weighted by atomic mass is 19.1. The van der Waals surface area contributed by atoms with E-state index in [1.54, 1.807) is 0 Å². The van der Waals surface area contributed by atoms with Gasteiger partial charge in [-0.1, -0.05) is 20.3 Å². The van der Waals surface area contributed by atoms with E-state index in [1.165, 1.54) is 0 Å². The van der Waals surface area contributed by atoms with Crippen molar-refractivity contribution >= 4 is 0 Å². The van der Waals surface area contributed by atoms with E-state index in [1.807, 2.05) is 6.92 Å². The van der Waals surface area contributed by atoms with Crippen LogP contribution in [0.2, 0.25) is 0 Å². The highest BCUT2D eigenvalue weighted by Crippen LogP contribution is 2.35. The van der Waals surface area contributed by atoms with Crippen LogP contribution >= 0.6 is 0 Å². The van der Waals surface area contributed by atoms with E-state index in [2.05, 4.69) is 12.2 Å². The van der Waals surface area contributed by atoms with E-state index in [0.29, 0.717) is 6.42 Å². The molecule has 2 heteroatoms. The summed E-state index contributed by atoms with van der Waals surface area (Å²) in [5, 5.41) is 3.16. The summed E-state index contributed by atoms with van der Waals surface area (Å²) in [6, 6.07) is 0. The molecule has 1 atom stereocenters. The number of hydrogen-bond acceptors (Lipinski definition) is 1. The molecular formula is C9H18FN. The van der Waals surface area contributed by atoms with E-state index in [-0.39, 0.29) is 5.41 Å². The lowest BCUT2D eigenvalue weighted by atomic mass is 9.73. The van der Waals surface area contributed by atoms with Gasteiger partial charge in [0, 0.05) is 18.5 Å². The number of alkyl halides is 1. The third kappa shape index (κ3) is 1.56. The molecule has 0 aromatic carbocycles. The average molecular weight is 159 g/mol. The van der Waals surface area contributed by atoms with E-state index >= 15 is 0 Å². The zero-order valence-electron chi connectivity index (χ0n) is 7.49. The summed E-state index contributed by atoms with van der Waals surface area (Å²) < 4.78 is 13.4. The normalized spacial score (nSPS) is 24.3. The standard InChI is InChI=1S/C9H18FN/c1-3-5-9(6-11-7-9)8(10)4-2/h8,11H,3-7H2,1-2H3. The molecule has 1 saturated heterocycles. The molecule has 0 radical (unpaired) electrons. The lowest BCUT2D eigenvalue weighted by Gasteiger charge is -2.45. The minimum atomic E-state index is -0.594. The average Bonchev–Trinajstić information content (AvgIpc) is 1.95. The Morgan fingerprint density at radius 3 is 2.36 bits per heavy atom. The van der Waals surface area contributed by atoms with Gasteiger partial charge in [0.1, 0.15) is 6.17 Å². The van der Waals surface area contributed by atoms with Crippen molar-refractivity contribution in [3.63, 3.8) is 0 Å². The van der Waals surface area contributed by atoms with E-state index in [9.17, 15) is 4.39 Å². The Bertz CT molecular complexity index is 121. The molecule has 0 saturated carbocycles. The van der Waals surface area contributed by atoms with Gasteiger partial charge in [0.15, 0.2) is 0 Å². The maximum atomic E-state index is 13.4. The van der Waals surface area contributed by atoms with Gasteiger partial charge in [0.25, 0.3) is 0 Å². The predicted octanol–water partition coefficient (Wildman–Crippen LogP) is 2.12. The third-order valence-electron chi connectivity index (χ3n) is 2.72. The fourth-order valence-electron chi connectivity index (χ4n) is 1.93. The van der Waals surface area contributed by atoms with Crippen LogP contribution in [0.3, 0.4) is 0 Å². The van der Waals surface area contributed by atoms with Gasteiger partial charge >= 0.3 is 0 Å². The van der Waals surface area contributed by atoms with Crippen molar-refractivity contribution in [1.82, 2.24) is 5.32 Å². The van der Waals surface area contributed by atoms with Crippen molar-refractivity contribution in [3.8, 4) is 0 Å². The molecule has 1 fully saturated rings. The molecule has 1 unspecified atom stereocenters. The van der Waals surface area contributed by atoms with Crippen molar-refractivity contribution in [2.75, 3.05) is 13.1 Å². The Morgan fingerprint density at radius 1 is 1.45 bits per heavy atom. The molecule has 0 bridgehead atoms. The van der Waals surface area contributed by atoms with Crippen molar-refractivity contribution in [3.05, 3.63) is 0 Å².